The minimum Gasteiger partial charge on any atom is -0.495 e. The molecule has 3 rings (SSSR count). The first-order chi connectivity index (χ1) is 11.4. The average Bonchev–Trinajstić information content (AvgIpc) is 2.97. The van der Waals surface area contributed by atoms with Crippen LogP contribution >= 0.6 is 11.3 Å². The first-order valence-corrected chi connectivity index (χ1v) is 9.04. The maximum Gasteiger partial charge on any atom is 0.263 e. The Morgan fingerprint density at radius 2 is 1.67 bits per heavy atom. The molecule has 0 radical (unpaired) electrons. The summed E-state index contributed by atoms with van der Waals surface area (Å²) in [6.07, 6.45) is 0. The van der Waals surface area contributed by atoms with E-state index >= 15 is 0 Å². The third-order valence-electron chi connectivity index (χ3n) is 3.26. The van der Waals surface area contributed by atoms with Crippen molar-refractivity contribution < 1.29 is 22.3 Å². The van der Waals surface area contributed by atoms with Crippen molar-refractivity contribution in [3.05, 3.63) is 42.2 Å². The topological polar surface area (TPSA) is 77.5 Å². The van der Waals surface area contributed by atoms with Crippen LogP contribution in [0, 0.1) is 5.82 Å². The van der Waals surface area contributed by atoms with E-state index in [1.165, 1.54) is 26.4 Å². The maximum absolute atomic E-state index is 13.0. The van der Waals surface area contributed by atoms with Crippen LogP contribution in [0.15, 0.2) is 41.3 Å². The van der Waals surface area contributed by atoms with Crippen molar-refractivity contribution in [1.82, 2.24) is 4.98 Å². The quantitative estimate of drug-likeness (QED) is 0.748. The van der Waals surface area contributed by atoms with Gasteiger partial charge in [-0.25, -0.2) is 17.8 Å². The van der Waals surface area contributed by atoms with Gasteiger partial charge in [0.1, 0.15) is 27.5 Å². The van der Waals surface area contributed by atoms with Crippen LogP contribution in [0.3, 0.4) is 0 Å². The Morgan fingerprint density at radius 1 is 1.04 bits per heavy atom. The Hall–Kier alpha value is -2.39. The molecule has 0 amide bonds. The Bertz CT molecular complexity index is 944. The summed E-state index contributed by atoms with van der Waals surface area (Å²) in [6.45, 7) is 0. The molecule has 0 atom stereocenters. The number of ether oxygens (including phenoxy) is 2. The summed E-state index contributed by atoms with van der Waals surface area (Å²) in [5.41, 5.74) is 0.499. The monoisotopic (exact) mass is 368 g/mol. The lowest BCUT2D eigenvalue weighted by molar-refractivity contribution is 0.410. The predicted octanol–water partition coefficient (Wildman–Crippen LogP) is 3.25. The minimum atomic E-state index is -3.87. The van der Waals surface area contributed by atoms with Gasteiger partial charge in [-0.3, -0.25) is 4.72 Å². The molecule has 126 valence electrons. The fraction of sp³-hybridized carbons (Fsp3) is 0.133. The number of nitrogens with zero attached hydrogens (tertiary/aromatic N) is 1. The lowest BCUT2D eigenvalue weighted by atomic mass is 10.3. The number of hydrogen-bond acceptors (Lipinski definition) is 6. The molecule has 3 aromatic rings. The van der Waals surface area contributed by atoms with E-state index in [0.717, 1.165) is 23.5 Å². The van der Waals surface area contributed by atoms with E-state index in [0.29, 0.717) is 21.7 Å². The summed E-state index contributed by atoms with van der Waals surface area (Å²) in [5, 5.41) is 0.164. The number of fused-ring (bicyclic) bond motifs is 1. The Morgan fingerprint density at radius 3 is 2.29 bits per heavy atom. The second-order valence-electron chi connectivity index (χ2n) is 4.73. The third kappa shape index (κ3) is 3.00. The van der Waals surface area contributed by atoms with Crippen molar-refractivity contribution >= 4 is 36.7 Å². The molecular weight excluding hydrogens is 355 g/mol. The van der Waals surface area contributed by atoms with Gasteiger partial charge >= 0.3 is 0 Å². The first-order valence-electron chi connectivity index (χ1n) is 6.74. The van der Waals surface area contributed by atoms with E-state index in [1.54, 1.807) is 12.1 Å². The van der Waals surface area contributed by atoms with E-state index in [-0.39, 0.29) is 10.0 Å². The number of nitrogens with one attached hydrogen (secondary N) is 1. The lowest BCUT2D eigenvalue weighted by Crippen LogP contribution is -2.12. The second-order valence-corrected chi connectivity index (χ2v) is 7.41. The maximum atomic E-state index is 13.0. The van der Waals surface area contributed by atoms with Crippen LogP contribution in [-0.2, 0) is 10.0 Å². The molecule has 0 fully saturated rings. The summed E-state index contributed by atoms with van der Waals surface area (Å²) in [5.74, 6) is 0.563. The van der Waals surface area contributed by atoms with Crippen LogP contribution in [0.1, 0.15) is 0 Å². The molecule has 0 aliphatic rings. The Balaban J connectivity index is 2.02. The van der Waals surface area contributed by atoms with Gasteiger partial charge in [0.25, 0.3) is 10.0 Å². The van der Waals surface area contributed by atoms with E-state index in [9.17, 15) is 12.8 Å². The SMILES string of the molecule is COc1ccc(OC)c2sc(NS(=O)(=O)c3ccc(F)cc3)nc12. The molecule has 0 spiro atoms. The fourth-order valence-electron chi connectivity index (χ4n) is 2.12. The van der Waals surface area contributed by atoms with E-state index in [1.807, 2.05) is 0 Å². The summed E-state index contributed by atoms with van der Waals surface area (Å²) in [6, 6.07) is 7.95. The highest BCUT2D eigenvalue weighted by Crippen LogP contribution is 2.39. The van der Waals surface area contributed by atoms with Gasteiger partial charge in [0.15, 0.2) is 5.13 Å². The average molecular weight is 368 g/mol. The number of halogens is 1. The first kappa shape index (κ1) is 16.5. The molecule has 0 aliphatic heterocycles. The van der Waals surface area contributed by atoms with Crippen molar-refractivity contribution in [2.45, 2.75) is 4.90 Å². The Kier molecular flexibility index (Phi) is 4.29. The van der Waals surface area contributed by atoms with Crippen molar-refractivity contribution in [2.24, 2.45) is 0 Å². The molecule has 0 aliphatic carbocycles. The van der Waals surface area contributed by atoms with Crippen LogP contribution in [0.25, 0.3) is 10.2 Å². The molecule has 1 N–H and O–H groups in total. The molecule has 6 nitrogen and oxygen atoms in total. The number of rotatable bonds is 5. The van der Waals surface area contributed by atoms with Crippen molar-refractivity contribution in [3.8, 4) is 11.5 Å². The highest BCUT2D eigenvalue weighted by atomic mass is 32.2. The number of benzene rings is 2. The molecule has 1 heterocycles. The van der Waals surface area contributed by atoms with Gasteiger partial charge in [-0.2, -0.15) is 0 Å². The fourth-order valence-corrected chi connectivity index (χ4v) is 4.33. The molecule has 24 heavy (non-hydrogen) atoms. The van der Waals surface area contributed by atoms with Crippen LogP contribution in [0.5, 0.6) is 11.5 Å². The smallest absolute Gasteiger partial charge is 0.263 e. The molecule has 9 heteroatoms. The van der Waals surface area contributed by atoms with Gasteiger partial charge in [-0.05, 0) is 36.4 Å². The molecule has 0 saturated carbocycles. The van der Waals surface area contributed by atoms with Crippen LogP contribution in [0.4, 0.5) is 9.52 Å². The van der Waals surface area contributed by atoms with Gasteiger partial charge in [-0.1, -0.05) is 11.3 Å². The van der Waals surface area contributed by atoms with Gasteiger partial charge in [0, 0.05) is 0 Å². The number of methoxy groups -OCH3 is 2. The standard InChI is InChI=1S/C15H13FN2O4S2/c1-21-11-7-8-12(22-2)14-13(11)17-15(23-14)18-24(19,20)10-5-3-9(16)4-6-10/h3-8H,1-2H3,(H,17,18). The highest BCUT2D eigenvalue weighted by Gasteiger charge is 2.19. The second kappa shape index (κ2) is 6.25. The van der Waals surface area contributed by atoms with Crippen LogP contribution < -0.4 is 14.2 Å². The molecule has 0 saturated heterocycles. The zero-order valence-corrected chi connectivity index (χ0v) is 14.4. The molecule has 0 bridgehead atoms. The lowest BCUT2D eigenvalue weighted by Gasteiger charge is -2.04. The summed E-state index contributed by atoms with van der Waals surface area (Å²) < 4.78 is 51.2. The van der Waals surface area contributed by atoms with Crippen molar-refractivity contribution in [2.75, 3.05) is 18.9 Å². The Labute approximate surface area is 141 Å². The number of hydrogen-bond donors (Lipinski definition) is 1. The van der Waals surface area contributed by atoms with Gasteiger partial charge in [0.2, 0.25) is 0 Å². The third-order valence-corrected chi connectivity index (χ3v) is 5.73. The number of anilines is 1. The summed E-state index contributed by atoms with van der Waals surface area (Å²) in [4.78, 5) is 4.22. The normalized spacial score (nSPS) is 11.5. The van der Waals surface area contributed by atoms with Gasteiger partial charge < -0.3 is 9.47 Å². The van der Waals surface area contributed by atoms with Gasteiger partial charge in [-0.15, -0.1) is 0 Å². The zero-order valence-electron chi connectivity index (χ0n) is 12.7. The predicted molar refractivity (Wildman–Crippen MR) is 89.9 cm³/mol. The van der Waals surface area contributed by atoms with E-state index in [2.05, 4.69) is 9.71 Å². The molecule has 2 aromatic carbocycles. The minimum absolute atomic E-state index is 0.0536. The highest BCUT2D eigenvalue weighted by molar-refractivity contribution is 7.93. The number of thiazole rings is 1. The van der Waals surface area contributed by atoms with Crippen LogP contribution in [0.2, 0.25) is 0 Å². The zero-order chi connectivity index (χ0) is 17.3. The summed E-state index contributed by atoms with van der Waals surface area (Å²) in [7, 11) is -0.847. The molecular formula is C15H13FN2O4S2. The number of sulfonamides is 1. The van der Waals surface area contributed by atoms with E-state index in [4.69, 9.17) is 9.47 Å². The summed E-state index contributed by atoms with van der Waals surface area (Å²) >= 11 is 1.12. The van der Waals surface area contributed by atoms with Crippen molar-refractivity contribution in [3.63, 3.8) is 0 Å². The number of aromatic nitrogens is 1. The van der Waals surface area contributed by atoms with E-state index < -0.39 is 15.8 Å². The largest absolute Gasteiger partial charge is 0.495 e. The van der Waals surface area contributed by atoms with Crippen molar-refractivity contribution in [1.29, 1.82) is 0 Å². The van der Waals surface area contributed by atoms with Gasteiger partial charge in [0.05, 0.1) is 19.1 Å². The molecule has 1 aromatic heterocycles. The van der Waals surface area contributed by atoms with Crippen LogP contribution in [-0.4, -0.2) is 27.6 Å². The molecule has 0 unspecified atom stereocenters.